The lowest BCUT2D eigenvalue weighted by atomic mass is 10.0. The highest BCUT2D eigenvalue weighted by atomic mass is 16.5. The number of amides is 2. The smallest absolute Gasteiger partial charge is 0.277 e. The number of ether oxygens (including phenoxy) is 1. The van der Waals surface area contributed by atoms with Crippen molar-refractivity contribution in [1.29, 1.82) is 0 Å². The molecule has 122 valence electrons. The number of rotatable bonds is 4. The number of carbonyl (C=O) groups is 2. The van der Waals surface area contributed by atoms with Crippen LogP contribution in [0.4, 0.5) is 5.69 Å². The first-order valence-corrected chi connectivity index (χ1v) is 7.56. The summed E-state index contributed by atoms with van der Waals surface area (Å²) in [5.41, 5.74) is 3.17. The van der Waals surface area contributed by atoms with Gasteiger partial charge in [0.15, 0.2) is 0 Å². The number of carbonyl (C=O) groups excluding carboxylic acids is 2. The van der Waals surface area contributed by atoms with Crippen LogP contribution in [0.2, 0.25) is 0 Å². The maximum atomic E-state index is 12.5. The van der Waals surface area contributed by atoms with Crippen molar-refractivity contribution in [2.45, 2.75) is 6.92 Å². The molecule has 0 saturated carbocycles. The molecule has 0 spiro atoms. The van der Waals surface area contributed by atoms with Crippen LogP contribution in [0, 0.1) is 6.92 Å². The molecule has 1 aliphatic rings. The lowest BCUT2D eigenvalue weighted by Crippen LogP contribution is -2.27. The molecule has 3 rings (SSSR count). The zero-order valence-corrected chi connectivity index (χ0v) is 13.8. The Morgan fingerprint density at radius 1 is 1.00 bits per heavy atom. The minimum atomic E-state index is -0.340. The maximum Gasteiger partial charge on any atom is 0.277 e. The van der Waals surface area contributed by atoms with Gasteiger partial charge >= 0.3 is 0 Å². The van der Waals surface area contributed by atoms with Crippen molar-refractivity contribution < 1.29 is 14.3 Å². The van der Waals surface area contributed by atoms with Gasteiger partial charge in [0.25, 0.3) is 11.8 Å². The summed E-state index contributed by atoms with van der Waals surface area (Å²) in [7, 11) is 3.07. The molecule has 1 N–H and O–H groups in total. The van der Waals surface area contributed by atoms with Gasteiger partial charge in [-0.05, 0) is 42.3 Å². The molecule has 2 amide bonds. The van der Waals surface area contributed by atoms with Crippen LogP contribution in [0.15, 0.2) is 54.2 Å². The monoisotopic (exact) mass is 322 g/mol. The molecule has 0 atom stereocenters. The first kappa shape index (κ1) is 15.8. The highest BCUT2D eigenvalue weighted by molar-refractivity contribution is 6.36. The van der Waals surface area contributed by atoms with Crippen molar-refractivity contribution in [1.82, 2.24) is 4.90 Å². The molecule has 5 nitrogen and oxygen atoms in total. The fourth-order valence-electron chi connectivity index (χ4n) is 2.65. The molecule has 24 heavy (non-hydrogen) atoms. The maximum absolute atomic E-state index is 12.5. The first-order chi connectivity index (χ1) is 11.5. The van der Waals surface area contributed by atoms with E-state index in [0.717, 1.165) is 16.2 Å². The van der Waals surface area contributed by atoms with Gasteiger partial charge in [-0.25, -0.2) is 0 Å². The summed E-state index contributed by atoms with van der Waals surface area (Å²) in [6.07, 6.45) is 0. The molecule has 5 heteroatoms. The van der Waals surface area contributed by atoms with Gasteiger partial charge < -0.3 is 10.1 Å². The minimum Gasteiger partial charge on any atom is -0.497 e. The highest BCUT2D eigenvalue weighted by Gasteiger charge is 2.36. The van der Waals surface area contributed by atoms with Crippen molar-refractivity contribution in [2.24, 2.45) is 0 Å². The van der Waals surface area contributed by atoms with Crippen molar-refractivity contribution in [2.75, 3.05) is 19.5 Å². The molecule has 0 unspecified atom stereocenters. The predicted molar refractivity (Wildman–Crippen MR) is 92.5 cm³/mol. The van der Waals surface area contributed by atoms with E-state index >= 15 is 0 Å². The number of aryl methyl sites for hydroxylation is 1. The van der Waals surface area contributed by atoms with E-state index in [1.807, 2.05) is 31.2 Å². The fourth-order valence-corrected chi connectivity index (χ4v) is 2.65. The summed E-state index contributed by atoms with van der Waals surface area (Å²) in [6.45, 7) is 1.97. The third kappa shape index (κ3) is 2.76. The molecule has 0 saturated heterocycles. The normalized spacial score (nSPS) is 14.4. The van der Waals surface area contributed by atoms with Crippen LogP contribution in [0.25, 0.3) is 5.57 Å². The number of methoxy groups -OCH3 is 1. The number of hydrogen-bond acceptors (Lipinski definition) is 4. The van der Waals surface area contributed by atoms with Crippen molar-refractivity contribution >= 4 is 23.1 Å². The van der Waals surface area contributed by atoms with Gasteiger partial charge in [0.2, 0.25) is 0 Å². The van der Waals surface area contributed by atoms with Crippen molar-refractivity contribution in [3.63, 3.8) is 0 Å². The van der Waals surface area contributed by atoms with Crippen LogP contribution < -0.4 is 10.1 Å². The van der Waals surface area contributed by atoms with Gasteiger partial charge in [0.05, 0.1) is 12.7 Å². The second-order valence-corrected chi connectivity index (χ2v) is 5.64. The third-order valence-electron chi connectivity index (χ3n) is 3.95. The highest BCUT2D eigenvalue weighted by Crippen LogP contribution is 2.30. The van der Waals surface area contributed by atoms with Gasteiger partial charge in [-0.1, -0.05) is 24.3 Å². The van der Waals surface area contributed by atoms with Crippen molar-refractivity contribution in [3.05, 3.63) is 65.4 Å². The average Bonchev–Trinajstić information content (AvgIpc) is 2.79. The predicted octanol–water partition coefficient (Wildman–Crippen LogP) is 2.83. The SMILES string of the molecule is COc1ccc(C2=C(Nc3cccc(C)c3)C(=O)N(C)C2=O)cc1. The van der Waals surface area contributed by atoms with Crippen molar-refractivity contribution in [3.8, 4) is 5.75 Å². The van der Waals surface area contributed by atoms with E-state index in [-0.39, 0.29) is 11.8 Å². The third-order valence-corrected chi connectivity index (χ3v) is 3.95. The molecule has 1 heterocycles. The topological polar surface area (TPSA) is 58.6 Å². The van der Waals surface area contributed by atoms with Gasteiger partial charge in [0, 0.05) is 12.7 Å². The summed E-state index contributed by atoms with van der Waals surface area (Å²) >= 11 is 0. The Labute approximate surface area is 140 Å². The van der Waals surface area contributed by atoms with E-state index in [1.54, 1.807) is 31.4 Å². The van der Waals surface area contributed by atoms with E-state index in [0.29, 0.717) is 22.6 Å². The lowest BCUT2D eigenvalue weighted by Gasteiger charge is -2.09. The minimum absolute atomic E-state index is 0.290. The Morgan fingerprint density at radius 2 is 1.71 bits per heavy atom. The van der Waals surface area contributed by atoms with Gasteiger partial charge in [-0.3, -0.25) is 14.5 Å². The second-order valence-electron chi connectivity index (χ2n) is 5.64. The second kappa shape index (κ2) is 6.20. The number of likely N-dealkylation sites (N-methyl/N-ethyl adjacent to an activating group) is 1. The van der Waals surface area contributed by atoms with Gasteiger partial charge in [0.1, 0.15) is 11.4 Å². The van der Waals surface area contributed by atoms with Gasteiger partial charge in [-0.15, -0.1) is 0 Å². The molecule has 0 aliphatic carbocycles. The van der Waals surface area contributed by atoms with Crippen LogP contribution in [0.5, 0.6) is 5.75 Å². The van der Waals surface area contributed by atoms with E-state index < -0.39 is 0 Å². The standard InChI is InChI=1S/C19H18N2O3/c1-12-5-4-6-14(11-12)20-17-16(18(22)21(2)19(17)23)13-7-9-15(24-3)10-8-13/h4-11,20H,1-3H3. The van der Waals surface area contributed by atoms with Crippen LogP contribution in [0.1, 0.15) is 11.1 Å². The molecular formula is C19H18N2O3. The molecule has 0 radical (unpaired) electrons. The molecule has 0 fully saturated rings. The Balaban J connectivity index is 2.06. The van der Waals surface area contributed by atoms with E-state index in [1.165, 1.54) is 7.05 Å². The number of imide groups is 1. The summed E-state index contributed by atoms with van der Waals surface area (Å²) in [4.78, 5) is 26.1. The molecular weight excluding hydrogens is 304 g/mol. The number of nitrogens with zero attached hydrogens (tertiary/aromatic N) is 1. The molecule has 0 bridgehead atoms. The number of nitrogens with one attached hydrogen (secondary N) is 1. The van der Waals surface area contributed by atoms with Gasteiger partial charge in [-0.2, -0.15) is 0 Å². The molecule has 2 aromatic carbocycles. The largest absolute Gasteiger partial charge is 0.497 e. The van der Waals surface area contributed by atoms with Crippen LogP contribution in [-0.2, 0) is 9.59 Å². The number of anilines is 1. The Bertz CT molecular complexity index is 838. The fraction of sp³-hybridized carbons (Fsp3) is 0.158. The van der Waals surface area contributed by atoms with Crippen LogP contribution in [-0.4, -0.2) is 30.9 Å². The summed E-state index contributed by atoms with van der Waals surface area (Å²) in [5, 5.41) is 3.11. The zero-order chi connectivity index (χ0) is 17.3. The summed E-state index contributed by atoms with van der Waals surface area (Å²) < 4.78 is 5.14. The average molecular weight is 322 g/mol. The van der Waals surface area contributed by atoms with E-state index in [4.69, 9.17) is 4.74 Å². The lowest BCUT2D eigenvalue weighted by molar-refractivity contribution is -0.135. The number of benzene rings is 2. The van der Waals surface area contributed by atoms with E-state index in [9.17, 15) is 9.59 Å². The summed E-state index contributed by atoms with van der Waals surface area (Å²) in [5.74, 6) is 0.0327. The van der Waals surface area contributed by atoms with Crippen LogP contribution >= 0.6 is 0 Å². The summed E-state index contributed by atoms with van der Waals surface area (Å²) in [6, 6.07) is 14.7. The molecule has 2 aromatic rings. The molecule has 0 aromatic heterocycles. The Morgan fingerprint density at radius 3 is 2.33 bits per heavy atom. The van der Waals surface area contributed by atoms with E-state index in [2.05, 4.69) is 5.32 Å². The zero-order valence-electron chi connectivity index (χ0n) is 13.8. The first-order valence-electron chi connectivity index (χ1n) is 7.56. The number of hydrogen-bond donors (Lipinski definition) is 1. The van der Waals surface area contributed by atoms with Crippen LogP contribution in [0.3, 0.4) is 0 Å². The quantitative estimate of drug-likeness (QED) is 0.880. The molecule has 1 aliphatic heterocycles. The Hall–Kier alpha value is -3.08. The Kier molecular flexibility index (Phi) is 4.08.